The topological polar surface area (TPSA) is 74.8 Å². The molecule has 2 saturated heterocycles. The van der Waals surface area contributed by atoms with Gasteiger partial charge in [-0.1, -0.05) is 11.6 Å². The van der Waals surface area contributed by atoms with E-state index in [1.165, 1.54) is 11.1 Å². The van der Waals surface area contributed by atoms with Crippen LogP contribution in [0.3, 0.4) is 0 Å². The molecular weight excluding hydrogens is 296 g/mol. The van der Waals surface area contributed by atoms with Gasteiger partial charge >= 0.3 is 12.1 Å². The minimum absolute atomic E-state index is 0.125. The van der Waals surface area contributed by atoms with Crippen molar-refractivity contribution in [3.63, 3.8) is 0 Å². The van der Waals surface area contributed by atoms with Crippen molar-refractivity contribution in [2.24, 2.45) is 0 Å². The van der Waals surface area contributed by atoms with Gasteiger partial charge in [-0.25, -0.2) is 14.5 Å². The molecule has 21 heavy (non-hydrogen) atoms. The maximum atomic E-state index is 12.2. The molecule has 1 N–H and O–H groups in total. The van der Waals surface area contributed by atoms with Crippen LogP contribution in [0.15, 0.2) is 18.5 Å². The van der Waals surface area contributed by atoms with Gasteiger partial charge in [-0.2, -0.15) is 0 Å². The number of hydrogen-bond donors (Lipinski definition) is 1. The molecule has 0 spiro atoms. The molecule has 0 radical (unpaired) electrons. The van der Waals surface area contributed by atoms with Crippen LogP contribution in [-0.2, 0) is 0 Å². The van der Waals surface area contributed by atoms with E-state index in [0.717, 1.165) is 0 Å². The summed E-state index contributed by atoms with van der Waals surface area (Å²) in [5, 5.41) is 3.06. The Morgan fingerprint density at radius 2 is 2.33 bits per heavy atom. The van der Waals surface area contributed by atoms with E-state index in [1.54, 1.807) is 17.2 Å². The van der Waals surface area contributed by atoms with E-state index in [2.05, 4.69) is 10.3 Å². The molecule has 3 rings (SSSR count). The van der Waals surface area contributed by atoms with Crippen LogP contribution in [0.5, 0.6) is 5.75 Å². The number of urea groups is 2. The van der Waals surface area contributed by atoms with Crippen molar-refractivity contribution >= 4 is 23.7 Å². The Labute approximate surface area is 126 Å². The molecule has 4 amide bonds. The summed E-state index contributed by atoms with van der Waals surface area (Å²) < 4.78 is 5.79. The number of rotatable bonds is 2. The van der Waals surface area contributed by atoms with Crippen molar-refractivity contribution in [1.82, 2.24) is 20.1 Å². The molecule has 1 aromatic rings. The second-order valence-electron chi connectivity index (χ2n) is 4.95. The summed E-state index contributed by atoms with van der Waals surface area (Å²) in [5.41, 5.74) is 0. The highest BCUT2D eigenvalue weighted by Gasteiger charge is 2.35. The van der Waals surface area contributed by atoms with Crippen LogP contribution in [0.1, 0.15) is 6.42 Å². The van der Waals surface area contributed by atoms with Crippen LogP contribution in [0.25, 0.3) is 0 Å². The highest BCUT2D eigenvalue weighted by Crippen LogP contribution is 2.26. The molecule has 0 saturated carbocycles. The van der Waals surface area contributed by atoms with E-state index in [9.17, 15) is 9.59 Å². The van der Waals surface area contributed by atoms with E-state index in [4.69, 9.17) is 16.3 Å². The van der Waals surface area contributed by atoms with Crippen molar-refractivity contribution in [3.8, 4) is 5.75 Å². The summed E-state index contributed by atoms with van der Waals surface area (Å²) in [4.78, 5) is 30.5. The summed E-state index contributed by atoms with van der Waals surface area (Å²) in [6, 6.07) is 1.10. The number of likely N-dealkylation sites (tertiary alicyclic amines) is 1. The first-order valence-electron chi connectivity index (χ1n) is 6.75. The van der Waals surface area contributed by atoms with Crippen molar-refractivity contribution in [2.75, 3.05) is 26.2 Å². The summed E-state index contributed by atoms with van der Waals surface area (Å²) in [6.07, 6.45) is 3.70. The second kappa shape index (κ2) is 5.77. The summed E-state index contributed by atoms with van der Waals surface area (Å²) in [6.45, 7) is 1.93. The van der Waals surface area contributed by atoms with E-state index in [-0.39, 0.29) is 18.2 Å². The van der Waals surface area contributed by atoms with E-state index < -0.39 is 0 Å². The third-order valence-electron chi connectivity index (χ3n) is 3.53. The molecule has 1 atom stereocenters. The molecule has 0 aliphatic carbocycles. The molecule has 0 aromatic carbocycles. The number of nitrogens with zero attached hydrogens (tertiary/aromatic N) is 3. The number of aromatic nitrogens is 1. The minimum Gasteiger partial charge on any atom is -0.487 e. The Morgan fingerprint density at radius 3 is 3.05 bits per heavy atom. The van der Waals surface area contributed by atoms with Crippen LogP contribution in [-0.4, -0.2) is 59.1 Å². The lowest BCUT2D eigenvalue weighted by Crippen LogP contribution is -2.44. The first kappa shape index (κ1) is 13.9. The fourth-order valence-electron chi connectivity index (χ4n) is 2.46. The zero-order valence-corrected chi connectivity index (χ0v) is 12.0. The third-order valence-corrected chi connectivity index (χ3v) is 3.82. The number of hydrogen-bond acceptors (Lipinski definition) is 4. The van der Waals surface area contributed by atoms with Crippen LogP contribution in [0.4, 0.5) is 9.59 Å². The van der Waals surface area contributed by atoms with Gasteiger partial charge in [0.2, 0.25) is 0 Å². The summed E-state index contributed by atoms with van der Waals surface area (Å²) in [7, 11) is 0. The molecule has 112 valence electrons. The number of amides is 4. The Kier molecular flexibility index (Phi) is 3.83. The maximum absolute atomic E-state index is 12.2. The van der Waals surface area contributed by atoms with Crippen molar-refractivity contribution in [2.45, 2.75) is 12.5 Å². The molecular formula is C13H15ClN4O3. The van der Waals surface area contributed by atoms with Gasteiger partial charge < -0.3 is 15.0 Å². The van der Waals surface area contributed by atoms with Crippen LogP contribution in [0.2, 0.25) is 5.02 Å². The average molecular weight is 311 g/mol. The Morgan fingerprint density at radius 1 is 1.48 bits per heavy atom. The fraction of sp³-hybridized carbons (Fsp3) is 0.462. The Bertz CT molecular complexity index is 568. The predicted molar refractivity (Wildman–Crippen MR) is 75.4 cm³/mol. The molecule has 7 nitrogen and oxygen atoms in total. The highest BCUT2D eigenvalue weighted by molar-refractivity contribution is 6.31. The van der Waals surface area contributed by atoms with Gasteiger partial charge in [0.15, 0.2) is 0 Å². The van der Waals surface area contributed by atoms with Gasteiger partial charge in [-0.15, -0.1) is 0 Å². The van der Waals surface area contributed by atoms with Gasteiger partial charge in [0.05, 0.1) is 6.54 Å². The Hall–Kier alpha value is -2.02. The third kappa shape index (κ3) is 2.87. The lowest BCUT2D eigenvalue weighted by Gasteiger charge is -2.22. The molecule has 8 heteroatoms. The molecule has 2 fully saturated rings. The van der Waals surface area contributed by atoms with Crippen LogP contribution < -0.4 is 10.1 Å². The van der Waals surface area contributed by atoms with Crippen LogP contribution >= 0.6 is 11.6 Å². The summed E-state index contributed by atoms with van der Waals surface area (Å²) in [5.74, 6) is 0.560. The van der Waals surface area contributed by atoms with Gasteiger partial charge in [0, 0.05) is 44.5 Å². The maximum Gasteiger partial charge on any atom is 0.328 e. The fourth-order valence-corrected chi connectivity index (χ4v) is 2.62. The van der Waals surface area contributed by atoms with Crippen LogP contribution in [0, 0.1) is 0 Å². The summed E-state index contributed by atoms with van der Waals surface area (Å²) >= 11 is 6.00. The van der Waals surface area contributed by atoms with Crippen molar-refractivity contribution in [1.29, 1.82) is 0 Å². The average Bonchev–Trinajstić information content (AvgIpc) is 3.10. The lowest BCUT2D eigenvalue weighted by atomic mass is 10.3. The van der Waals surface area contributed by atoms with Crippen molar-refractivity contribution in [3.05, 3.63) is 23.5 Å². The van der Waals surface area contributed by atoms with Crippen molar-refractivity contribution < 1.29 is 14.3 Å². The second-order valence-corrected chi connectivity index (χ2v) is 5.35. The number of imide groups is 1. The largest absolute Gasteiger partial charge is 0.487 e. The number of halogens is 1. The standard InChI is InChI=1S/C13H15ClN4O3/c14-10-7-15-3-1-11(10)21-9-2-5-17(8-9)13(20)18-6-4-16-12(18)19/h1,3,7,9H,2,4-6,8H2,(H,16,19). The minimum atomic E-state index is -0.332. The molecule has 3 heterocycles. The first-order valence-corrected chi connectivity index (χ1v) is 7.13. The Balaban J connectivity index is 1.59. The zero-order valence-electron chi connectivity index (χ0n) is 11.3. The van der Waals surface area contributed by atoms with Gasteiger partial charge in [-0.05, 0) is 0 Å². The normalized spacial score (nSPS) is 21.6. The molecule has 2 aliphatic heterocycles. The number of pyridine rings is 1. The number of nitrogens with one attached hydrogen (secondary N) is 1. The highest BCUT2D eigenvalue weighted by atomic mass is 35.5. The van der Waals surface area contributed by atoms with Gasteiger partial charge in [-0.3, -0.25) is 4.98 Å². The zero-order chi connectivity index (χ0) is 14.8. The molecule has 0 bridgehead atoms. The van der Waals surface area contributed by atoms with E-state index >= 15 is 0 Å². The van der Waals surface area contributed by atoms with E-state index in [0.29, 0.717) is 43.4 Å². The SMILES string of the molecule is O=C1NCCN1C(=O)N1CCC(Oc2ccncc2Cl)C1. The lowest BCUT2D eigenvalue weighted by molar-refractivity contribution is 0.162. The first-order chi connectivity index (χ1) is 10.1. The number of ether oxygens (including phenoxy) is 1. The molecule has 1 unspecified atom stereocenters. The van der Waals surface area contributed by atoms with Gasteiger partial charge in [0.1, 0.15) is 16.9 Å². The van der Waals surface area contributed by atoms with Gasteiger partial charge in [0.25, 0.3) is 0 Å². The van der Waals surface area contributed by atoms with E-state index in [1.807, 2.05) is 0 Å². The quantitative estimate of drug-likeness (QED) is 0.894. The smallest absolute Gasteiger partial charge is 0.328 e. The monoisotopic (exact) mass is 310 g/mol. The number of carbonyl (C=O) groups excluding carboxylic acids is 2. The number of carbonyl (C=O) groups is 2. The molecule has 1 aromatic heterocycles. The molecule has 2 aliphatic rings. The predicted octanol–water partition coefficient (Wildman–Crippen LogP) is 1.33.